The molecule has 0 unspecified atom stereocenters. The van der Waals surface area contributed by atoms with Crippen LogP contribution in [0.5, 0.6) is 5.75 Å². The zero-order valence-electron chi connectivity index (χ0n) is 19.5. The molecule has 9 atom stereocenters. The largest absolute Gasteiger partial charge is 0.508 e. The second-order valence-corrected chi connectivity index (χ2v) is 9.01. The Kier molecular flexibility index (Phi) is 7.97. The molecule has 1 aromatic carbocycles. The molecule has 1 saturated carbocycles. The second-order valence-electron chi connectivity index (χ2n) is 9.01. The van der Waals surface area contributed by atoms with Crippen LogP contribution in [0.15, 0.2) is 54.3 Å². The normalized spacial score (nSPS) is 35.5. The number of benzene rings is 1. The van der Waals surface area contributed by atoms with Gasteiger partial charge < -0.3 is 49.6 Å². The van der Waals surface area contributed by atoms with Crippen LogP contribution in [0, 0.1) is 11.8 Å². The first kappa shape index (κ1) is 26.8. The molecule has 0 aromatic heterocycles. The standard InChI is InChI=1S/C25H28O12/c1-11-16(35-18(28)7-4-12-2-5-13(27)6-3-12)8-14-15(23(32)33)10-34-24(19(11)14)37-25-22(31)21(30)20(29)17(9-26)36-25/h2-7,10,14,16-17,19-22,24-27,29-31H,1,8-9H2,(H,32,33)/t14-,16+,17-,19+,20+,21+,22+,24-,25-/m0/s1. The van der Waals surface area contributed by atoms with E-state index < -0.39 is 73.5 Å². The van der Waals surface area contributed by atoms with Gasteiger partial charge in [0, 0.05) is 12.0 Å². The lowest BCUT2D eigenvalue weighted by Crippen LogP contribution is -2.60. The van der Waals surface area contributed by atoms with E-state index in [1.54, 1.807) is 12.1 Å². The number of carbonyl (C=O) groups excluding carboxylic acids is 1. The molecule has 0 radical (unpaired) electrons. The van der Waals surface area contributed by atoms with Crippen molar-refractivity contribution < 1.29 is 59.2 Å². The van der Waals surface area contributed by atoms with Crippen molar-refractivity contribution in [2.45, 2.75) is 49.5 Å². The maximum absolute atomic E-state index is 12.5. The predicted octanol–water partition coefficient (Wildman–Crippen LogP) is -0.349. The number of carboxylic acid groups (broad SMARTS) is 1. The number of aromatic hydroxyl groups is 1. The molecule has 12 nitrogen and oxygen atoms in total. The Hall–Kier alpha value is -3.26. The van der Waals surface area contributed by atoms with Gasteiger partial charge in [-0.15, -0.1) is 0 Å². The van der Waals surface area contributed by atoms with Gasteiger partial charge in [-0.05, 0) is 35.8 Å². The number of esters is 1. The molecule has 3 aliphatic rings. The van der Waals surface area contributed by atoms with Crippen molar-refractivity contribution in [1.82, 2.24) is 0 Å². The van der Waals surface area contributed by atoms with Crippen molar-refractivity contribution in [1.29, 1.82) is 0 Å². The van der Waals surface area contributed by atoms with E-state index in [0.29, 0.717) is 11.1 Å². The van der Waals surface area contributed by atoms with E-state index in [4.69, 9.17) is 18.9 Å². The number of hydrogen-bond acceptors (Lipinski definition) is 11. The predicted molar refractivity (Wildman–Crippen MR) is 123 cm³/mol. The van der Waals surface area contributed by atoms with Gasteiger partial charge in [-0.25, -0.2) is 9.59 Å². The number of carboxylic acids is 1. The topological polar surface area (TPSA) is 192 Å². The van der Waals surface area contributed by atoms with Crippen molar-refractivity contribution in [3.05, 3.63) is 59.9 Å². The SMILES string of the molecule is C=C1[C@H]2[C@H](O[C@@H]3O[C@@H](CO)[C@@H](O)[C@@H](O)[C@H]3O)OC=C(C(=O)O)[C@@H]2C[C@H]1OC(=O)C=Cc1ccc(O)cc1. The van der Waals surface area contributed by atoms with E-state index in [9.17, 15) is 40.2 Å². The number of phenolic OH excluding ortho intramolecular Hbond substituents is 1. The molecular weight excluding hydrogens is 492 g/mol. The van der Waals surface area contributed by atoms with Gasteiger partial charge in [0.25, 0.3) is 0 Å². The Morgan fingerprint density at radius 2 is 1.78 bits per heavy atom. The summed E-state index contributed by atoms with van der Waals surface area (Å²) >= 11 is 0. The lowest BCUT2D eigenvalue weighted by Gasteiger charge is -2.42. The van der Waals surface area contributed by atoms with Crippen LogP contribution >= 0.6 is 0 Å². The van der Waals surface area contributed by atoms with Crippen LogP contribution in [-0.2, 0) is 28.5 Å². The summed E-state index contributed by atoms with van der Waals surface area (Å²) in [6.45, 7) is 3.31. The summed E-state index contributed by atoms with van der Waals surface area (Å²) in [6, 6.07) is 6.13. The molecular formula is C25H28O12. The van der Waals surface area contributed by atoms with Gasteiger partial charge in [0.05, 0.1) is 24.4 Å². The summed E-state index contributed by atoms with van der Waals surface area (Å²) in [5, 5.41) is 58.7. The van der Waals surface area contributed by atoms with Crippen LogP contribution in [0.3, 0.4) is 0 Å². The third-order valence-electron chi connectivity index (χ3n) is 6.69. The number of fused-ring (bicyclic) bond motifs is 1. The van der Waals surface area contributed by atoms with Gasteiger partial charge in [0.2, 0.25) is 6.29 Å². The number of aliphatic hydroxyl groups is 4. The van der Waals surface area contributed by atoms with Crippen molar-refractivity contribution in [3.8, 4) is 5.75 Å². The van der Waals surface area contributed by atoms with E-state index in [0.717, 1.165) is 6.26 Å². The highest BCUT2D eigenvalue weighted by Gasteiger charge is 2.53. The number of carbonyl (C=O) groups is 2. The average Bonchev–Trinajstić information content (AvgIpc) is 3.19. The molecule has 0 spiro atoms. The maximum Gasteiger partial charge on any atom is 0.334 e. The monoisotopic (exact) mass is 520 g/mol. The second kappa shape index (κ2) is 11.0. The fraction of sp³-hybridized carbons (Fsp3) is 0.440. The molecule has 0 bridgehead atoms. The van der Waals surface area contributed by atoms with Gasteiger partial charge in [-0.3, -0.25) is 0 Å². The molecule has 1 aliphatic carbocycles. The van der Waals surface area contributed by atoms with Crippen molar-refractivity contribution in [2.75, 3.05) is 6.61 Å². The smallest absolute Gasteiger partial charge is 0.334 e. The zero-order valence-corrected chi connectivity index (χ0v) is 19.5. The molecule has 37 heavy (non-hydrogen) atoms. The van der Waals surface area contributed by atoms with Crippen LogP contribution in [0.25, 0.3) is 6.08 Å². The fourth-order valence-corrected chi connectivity index (χ4v) is 4.69. The number of ether oxygens (including phenoxy) is 4. The zero-order chi connectivity index (χ0) is 26.9. The molecule has 6 N–H and O–H groups in total. The maximum atomic E-state index is 12.5. The van der Waals surface area contributed by atoms with Gasteiger partial charge in [-0.2, -0.15) is 0 Å². The molecule has 1 saturated heterocycles. The molecule has 4 rings (SSSR count). The summed E-state index contributed by atoms with van der Waals surface area (Å²) in [5.41, 5.74) is 0.877. The molecule has 2 heterocycles. The number of rotatable bonds is 7. The van der Waals surface area contributed by atoms with E-state index in [1.165, 1.54) is 24.3 Å². The van der Waals surface area contributed by atoms with Crippen LogP contribution in [0.4, 0.5) is 0 Å². The molecule has 2 fully saturated rings. The quantitative estimate of drug-likeness (QED) is 0.156. The molecule has 12 heteroatoms. The third kappa shape index (κ3) is 5.54. The minimum Gasteiger partial charge on any atom is -0.508 e. The number of aliphatic carboxylic acids is 1. The van der Waals surface area contributed by atoms with Crippen LogP contribution in [0.1, 0.15) is 12.0 Å². The van der Waals surface area contributed by atoms with Gasteiger partial charge in [0.15, 0.2) is 6.29 Å². The highest BCUT2D eigenvalue weighted by molar-refractivity contribution is 5.88. The highest BCUT2D eigenvalue weighted by Crippen LogP contribution is 2.47. The molecule has 2 aliphatic heterocycles. The van der Waals surface area contributed by atoms with E-state index in [2.05, 4.69) is 6.58 Å². The Morgan fingerprint density at radius 3 is 2.43 bits per heavy atom. The molecule has 0 amide bonds. The Labute approximate surface area is 211 Å². The Bertz CT molecular complexity index is 1080. The first-order valence-corrected chi connectivity index (χ1v) is 11.5. The fourth-order valence-electron chi connectivity index (χ4n) is 4.69. The Balaban J connectivity index is 1.49. The summed E-state index contributed by atoms with van der Waals surface area (Å²) in [5.74, 6) is -3.40. The molecule has 1 aromatic rings. The summed E-state index contributed by atoms with van der Waals surface area (Å²) < 4.78 is 22.1. The van der Waals surface area contributed by atoms with Crippen LogP contribution in [0.2, 0.25) is 0 Å². The molecule has 200 valence electrons. The number of hydrogen-bond donors (Lipinski definition) is 6. The minimum atomic E-state index is -1.70. The van der Waals surface area contributed by atoms with Crippen LogP contribution < -0.4 is 0 Å². The van der Waals surface area contributed by atoms with Crippen molar-refractivity contribution in [2.24, 2.45) is 11.8 Å². The lowest BCUT2D eigenvalue weighted by atomic mass is 9.85. The summed E-state index contributed by atoms with van der Waals surface area (Å²) in [6.07, 6.45) is -6.05. The minimum absolute atomic E-state index is 0.0783. The Morgan fingerprint density at radius 1 is 1.08 bits per heavy atom. The first-order chi connectivity index (χ1) is 17.6. The van der Waals surface area contributed by atoms with Gasteiger partial charge >= 0.3 is 11.9 Å². The number of aliphatic hydroxyl groups excluding tert-OH is 4. The number of phenols is 1. The van der Waals surface area contributed by atoms with Crippen molar-refractivity contribution >= 4 is 18.0 Å². The summed E-state index contributed by atoms with van der Waals surface area (Å²) in [4.78, 5) is 24.3. The third-order valence-corrected chi connectivity index (χ3v) is 6.69. The van der Waals surface area contributed by atoms with Gasteiger partial charge in [-0.1, -0.05) is 18.7 Å². The average molecular weight is 520 g/mol. The van der Waals surface area contributed by atoms with Crippen LogP contribution in [-0.4, -0.2) is 92.3 Å². The first-order valence-electron chi connectivity index (χ1n) is 11.5. The lowest BCUT2D eigenvalue weighted by molar-refractivity contribution is -0.339. The summed E-state index contributed by atoms with van der Waals surface area (Å²) in [7, 11) is 0. The van der Waals surface area contributed by atoms with E-state index in [1.807, 2.05) is 0 Å². The van der Waals surface area contributed by atoms with E-state index in [-0.39, 0.29) is 17.7 Å². The van der Waals surface area contributed by atoms with Gasteiger partial charge in [0.1, 0.15) is 36.3 Å². The van der Waals surface area contributed by atoms with E-state index >= 15 is 0 Å². The van der Waals surface area contributed by atoms with Crippen molar-refractivity contribution in [3.63, 3.8) is 0 Å². The highest BCUT2D eigenvalue weighted by atomic mass is 16.8.